The van der Waals surface area contributed by atoms with Crippen LogP contribution in [-0.4, -0.2) is 44.4 Å². The first-order valence-corrected chi connectivity index (χ1v) is 9.13. The molecule has 2 aromatic rings. The normalized spacial score (nSPS) is 14.7. The summed E-state index contributed by atoms with van der Waals surface area (Å²) < 4.78 is 10.5. The molecule has 3 rings (SSSR count). The van der Waals surface area contributed by atoms with Gasteiger partial charge in [-0.3, -0.25) is 4.79 Å². The van der Waals surface area contributed by atoms with Gasteiger partial charge in [0.15, 0.2) is 11.5 Å². The minimum Gasteiger partial charge on any atom is -0.493 e. The van der Waals surface area contributed by atoms with E-state index < -0.39 is 0 Å². The molecule has 1 aliphatic rings. The van der Waals surface area contributed by atoms with E-state index in [0.29, 0.717) is 23.6 Å². The van der Waals surface area contributed by atoms with E-state index in [9.17, 15) is 9.90 Å². The summed E-state index contributed by atoms with van der Waals surface area (Å²) in [6.07, 6.45) is 1.38. The lowest BCUT2D eigenvalue weighted by Crippen LogP contribution is -2.35. The van der Waals surface area contributed by atoms with Crippen LogP contribution in [0.25, 0.3) is 0 Å². The molecule has 1 saturated heterocycles. The summed E-state index contributed by atoms with van der Waals surface area (Å²) >= 11 is 0. The quantitative estimate of drug-likeness (QED) is 0.818. The highest BCUT2D eigenvalue weighted by molar-refractivity contribution is 5.94. The van der Waals surface area contributed by atoms with E-state index in [0.717, 1.165) is 37.2 Å². The number of carbonyl (C=O) groups is 1. The molecule has 1 amide bonds. The molecule has 0 aliphatic carbocycles. The maximum Gasteiger partial charge on any atom is 0.251 e. The predicted octanol–water partition coefficient (Wildman–Crippen LogP) is 2.59. The third kappa shape index (κ3) is 4.71. The zero-order chi connectivity index (χ0) is 19.2. The molecule has 0 unspecified atom stereocenters. The second-order valence-electron chi connectivity index (χ2n) is 6.64. The molecule has 27 heavy (non-hydrogen) atoms. The number of anilines is 1. The molecule has 0 saturated carbocycles. The van der Waals surface area contributed by atoms with Gasteiger partial charge in [-0.05, 0) is 54.8 Å². The summed E-state index contributed by atoms with van der Waals surface area (Å²) in [6, 6.07) is 13.2. The zero-order valence-corrected chi connectivity index (χ0v) is 15.8. The fraction of sp³-hybridized carbons (Fsp3) is 0.381. The Hall–Kier alpha value is -2.73. The van der Waals surface area contributed by atoms with E-state index in [-0.39, 0.29) is 12.0 Å². The van der Waals surface area contributed by atoms with Crippen molar-refractivity contribution in [2.45, 2.75) is 25.5 Å². The van der Waals surface area contributed by atoms with Crippen LogP contribution < -0.4 is 19.7 Å². The molecule has 0 aromatic heterocycles. The van der Waals surface area contributed by atoms with Gasteiger partial charge in [0.1, 0.15) is 0 Å². The van der Waals surface area contributed by atoms with Crippen LogP contribution >= 0.6 is 0 Å². The molecule has 0 bridgehead atoms. The molecule has 2 aromatic carbocycles. The molecule has 1 aliphatic heterocycles. The Morgan fingerprint density at radius 1 is 1.07 bits per heavy atom. The Balaban J connectivity index is 1.58. The van der Waals surface area contributed by atoms with E-state index in [1.807, 2.05) is 42.5 Å². The fourth-order valence-electron chi connectivity index (χ4n) is 3.22. The first kappa shape index (κ1) is 19.0. The number of amides is 1. The minimum atomic E-state index is -0.192. The Kier molecular flexibility index (Phi) is 6.19. The summed E-state index contributed by atoms with van der Waals surface area (Å²) in [5, 5.41) is 12.5. The lowest BCUT2D eigenvalue weighted by Gasteiger charge is -2.31. The Labute approximate surface area is 159 Å². The molecule has 0 radical (unpaired) electrons. The number of hydrogen-bond donors (Lipinski definition) is 2. The van der Waals surface area contributed by atoms with Crippen LogP contribution in [0.15, 0.2) is 42.5 Å². The molecule has 6 nitrogen and oxygen atoms in total. The summed E-state index contributed by atoms with van der Waals surface area (Å²) in [6.45, 7) is 2.09. The van der Waals surface area contributed by atoms with Gasteiger partial charge in [0.05, 0.1) is 20.3 Å². The number of aliphatic hydroxyl groups excluding tert-OH is 1. The van der Waals surface area contributed by atoms with E-state index in [4.69, 9.17) is 9.47 Å². The van der Waals surface area contributed by atoms with Crippen LogP contribution in [0.3, 0.4) is 0 Å². The zero-order valence-electron chi connectivity index (χ0n) is 15.8. The molecule has 144 valence electrons. The summed E-state index contributed by atoms with van der Waals surface area (Å²) in [5.74, 6) is 1.18. The highest BCUT2D eigenvalue weighted by Crippen LogP contribution is 2.27. The van der Waals surface area contributed by atoms with Crippen molar-refractivity contribution in [1.82, 2.24) is 5.32 Å². The van der Waals surface area contributed by atoms with E-state index in [1.165, 1.54) is 0 Å². The number of carbonyl (C=O) groups excluding carboxylic acids is 1. The average Bonchev–Trinajstić information content (AvgIpc) is 2.72. The number of nitrogens with zero attached hydrogens (tertiary/aromatic N) is 1. The van der Waals surface area contributed by atoms with Crippen molar-refractivity contribution in [1.29, 1.82) is 0 Å². The van der Waals surface area contributed by atoms with E-state index in [1.54, 1.807) is 14.2 Å². The van der Waals surface area contributed by atoms with Crippen LogP contribution in [0.1, 0.15) is 28.8 Å². The SMILES string of the molecule is COc1ccc(CNC(=O)c2ccc(N3CCC(O)CC3)cc2)cc1OC. The number of methoxy groups -OCH3 is 2. The molecular weight excluding hydrogens is 344 g/mol. The third-order valence-electron chi connectivity index (χ3n) is 4.86. The van der Waals surface area contributed by atoms with Gasteiger partial charge in [0.2, 0.25) is 0 Å². The summed E-state index contributed by atoms with van der Waals surface area (Å²) in [5.41, 5.74) is 2.64. The van der Waals surface area contributed by atoms with Gasteiger partial charge in [0, 0.05) is 30.9 Å². The number of ether oxygens (including phenoxy) is 2. The largest absolute Gasteiger partial charge is 0.493 e. The maximum absolute atomic E-state index is 12.4. The average molecular weight is 370 g/mol. The smallest absolute Gasteiger partial charge is 0.251 e. The van der Waals surface area contributed by atoms with Crippen LogP contribution in [-0.2, 0) is 6.54 Å². The van der Waals surface area contributed by atoms with Gasteiger partial charge in [-0.25, -0.2) is 0 Å². The van der Waals surface area contributed by atoms with Crippen molar-refractivity contribution in [2.24, 2.45) is 0 Å². The number of hydrogen-bond acceptors (Lipinski definition) is 5. The second-order valence-corrected chi connectivity index (χ2v) is 6.64. The first-order valence-electron chi connectivity index (χ1n) is 9.13. The molecule has 1 fully saturated rings. The molecule has 0 spiro atoms. The van der Waals surface area contributed by atoms with E-state index in [2.05, 4.69) is 10.2 Å². The number of nitrogens with one attached hydrogen (secondary N) is 1. The minimum absolute atomic E-state index is 0.120. The van der Waals surface area contributed by atoms with Crippen LogP contribution in [0.4, 0.5) is 5.69 Å². The number of rotatable bonds is 6. The van der Waals surface area contributed by atoms with E-state index >= 15 is 0 Å². The van der Waals surface area contributed by atoms with Crippen molar-refractivity contribution in [3.8, 4) is 11.5 Å². The van der Waals surface area contributed by atoms with Gasteiger partial charge in [0.25, 0.3) is 5.91 Å². The topological polar surface area (TPSA) is 71.0 Å². The number of benzene rings is 2. The molecule has 1 heterocycles. The Morgan fingerprint density at radius 2 is 1.74 bits per heavy atom. The van der Waals surface area contributed by atoms with Crippen molar-refractivity contribution >= 4 is 11.6 Å². The Bertz CT molecular complexity index is 768. The standard InChI is InChI=1S/C21H26N2O4/c1-26-19-8-3-15(13-20(19)27-2)14-22-21(25)16-4-6-17(7-5-16)23-11-9-18(24)10-12-23/h3-8,13,18,24H,9-12,14H2,1-2H3,(H,22,25). The number of piperidine rings is 1. The molecule has 2 N–H and O–H groups in total. The summed E-state index contributed by atoms with van der Waals surface area (Å²) in [4.78, 5) is 14.6. The lowest BCUT2D eigenvalue weighted by atomic mass is 10.1. The first-order chi connectivity index (χ1) is 13.1. The van der Waals surface area contributed by atoms with Crippen molar-refractivity contribution in [3.63, 3.8) is 0 Å². The third-order valence-corrected chi connectivity index (χ3v) is 4.86. The van der Waals surface area contributed by atoms with Gasteiger partial charge < -0.3 is 24.8 Å². The molecule has 6 heteroatoms. The van der Waals surface area contributed by atoms with Crippen molar-refractivity contribution in [3.05, 3.63) is 53.6 Å². The van der Waals surface area contributed by atoms with Crippen LogP contribution in [0.2, 0.25) is 0 Å². The molecular formula is C21H26N2O4. The summed E-state index contributed by atoms with van der Waals surface area (Å²) in [7, 11) is 3.18. The predicted molar refractivity (Wildman–Crippen MR) is 105 cm³/mol. The van der Waals surface area contributed by atoms with Gasteiger partial charge in [-0.2, -0.15) is 0 Å². The van der Waals surface area contributed by atoms with Crippen molar-refractivity contribution < 1.29 is 19.4 Å². The highest BCUT2D eigenvalue weighted by atomic mass is 16.5. The lowest BCUT2D eigenvalue weighted by molar-refractivity contribution is 0.0951. The van der Waals surface area contributed by atoms with Gasteiger partial charge >= 0.3 is 0 Å². The Morgan fingerprint density at radius 3 is 2.37 bits per heavy atom. The number of aliphatic hydroxyl groups is 1. The molecule has 0 atom stereocenters. The highest BCUT2D eigenvalue weighted by Gasteiger charge is 2.17. The van der Waals surface area contributed by atoms with Gasteiger partial charge in [-0.15, -0.1) is 0 Å². The maximum atomic E-state index is 12.4. The van der Waals surface area contributed by atoms with Gasteiger partial charge in [-0.1, -0.05) is 6.07 Å². The van der Waals surface area contributed by atoms with Crippen LogP contribution in [0.5, 0.6) is 11.5 Å². The van der Waals surface area contributed by atoms with Crippen LogP contribution in [0, 0.1) is 0 Å². The second kappa shape index (κ2) is 8.77. The monoisotopic (exact) mass is 370 g/mol. The van der Waals surface area contributed by atoms with Crippen molar-refractivity contribution in [2.75, 3.05) is 32.2 Å². The fourth-order valence-corrected chi connectivity index (χ4v) is 3.22.